The average Bonchev–Trinajstić information content (AvgIpc) is 2.96. The number of hydrogen-bond acceptors (Lipinski definition) is 4. The standard InChI is InChI=1S/C9H15N4P/c10-5-4(3-1-2-3)6(11)9(14)8(13)7(5)12/h3H,1-2,10-14H2. The summed E-state index contributed by atoms with van der Waals surface area (Å²) in [4.78, 5) is 0. The Kier molecular flexibility index (Phi) is 1.96. The second kappa shape index (κ2) is 2.92. The van der Waals surface area contributed by atoms with Crippen molar-refractivity contribution < 1.29 is 0 Å². The fourth-order valence-corrected chi connectivity index (χ4v) is 1.99. The van der Waals surface area contributed by atoms with Gasteiger partial charge in [0.05, 0.1) is 17.1 Å². The molecular formula is C9H15N4P. The van der Waals surface area contributed by atoms with Crippen molar-refractivity contribution >= 4 is 37.3 Å². The first-order chi connectivity index (χ1) is 6.54. The molecule has 1 fully saturated rings. The molecule has 4 nitrogen and oxygen atoms in total. The zero-order valence-electron chi connectivity index (χ0n) is 7.88. The van der Waals surface area contributed by atoms with Crippen LogP contribution in [0.2, 0.25) is 0 Å². The summed E-state index contributed by atoms with van der Waals surface area (Å²) in [6, 6.07) is 0. The normalized spacial score (nSPS) is 15.8. The van der Waals surface area contributed by atoms with Crippen LogP contribution < -0.4 is 28.2 Å². The zero-order chi connectivity index (χ0) is 10.5. The Bertz CT molecular complexity index is 369. The maximum Gasteiger partial charge on any atom is 0.0792 e. The first kappa shape index (κ1) is 9.41. The van der Waals surface area contributed by atoms with Crippen molar-refractivity contribution in [1.29, 1.82) is 0 Å². The molecule has 0 aromatic heterocycles. The van der Waals surface area contributed by atoms with Crippen LogP contribution in [0.5, 0.6) is 0 Å². The van der Waals surface area contributed by atoms with E-state index in [0.29, 0.717) is 28.7 Å². The lowest BCUT2D eigenvalue weighted by atomic mass is 10.0. The molecule has 0 radical (unpaired) electrons. The van der Waals surface area contributed by atoms with E-state index in [1.54, 1.807) is 0 Å². The molecule has 1 aliphatic carbocycles. The Labute approximate surface area is 85.2 Å². The van der Waals surface area contributed by atoms with Gasteiger partial charge < -0.3 is 22.9 Å². The topological polar surface area (TPSA) is 104 Å². The quantitative estimate of drug-likeness (QED) is 0.397. The number of hydrogen-bond donors (Lipinski definition) is 4. The number of benzene rings is 1. The molecule has 0 spiro atoms. The van der Waals surface area contributed by atoms with Gasteiger partial charge in [0.1, 0.15) is 0 Å². The lowest BCUT2D eigenvalue weighted by molar-refractivity contribution is 1.14. The molecular weight excluding hydrogens is 195 g/mol. The predicted octanol–water partition coefficient (Wildman–Crippen LogP) is 0.393. The van der Waals surface area contributed by atoms with Gasteiger partial charge in [-0.3, -0.25) is 0 Å². The molecule has 5 heteroatoms. The van der Waals surface area contributed by atoms with Crippen molar-refractivity contribution in [2.45, 2.75) is 18.8 Å². The van der Waals surface area contributed by atoms with E-state index in [1.165, 1.54) is 0 Å². The minimum atomic E-state index is 0.464. The van der Waals surface area contributed by atoms with Gasteiger partial charge >= 0.3 is 0 Å². The van der Waals surface area contributed by atoms with Gasteiger partial charge in [0.15, 0.2) is 0 Å². The van der Waals surface area contributed by atoms with Crippen LogP contribution in [0, 0.1) is 0 Å². The van der Waals surface area contributed by atoms with Crippen LogP contribution in [0.15, 0.2) is 0 Å². The molecule has 0 aliphatic heterocycles. The molecule has 0 bridgehead atoms. The molecule has 2 rings (SSSR count). The van der Waals surface area contributed by atoms with Gasteiger partial charge in [-0.15, -0.1) is 9.24 Å². The molecule has 0 saturated heterocycles. The third-order valence-corrected chi connectivity index (χ3v) is 3.35. The van der Waals surface area contributed by atoms with Gasteiger partial charge in [-0.1, -0.05) is 0 Å². The molecule has 0 heterocycles. The Balaban J connectivity index is 2.69. The zero-order valence-corrected chi connectivity index (χ0v) is 9.03. The van der Waals surface area contributed by atoms with E-state index < -0.39 is 0 Å². The molecule has 0 amide bonds. The minimum Gasteiger partial charge on any atom is -0.398 e. The predicted molar refractivity (Wildman–Crippen MR) is 65.4 cm³/mol. The second-order valence-electron chi connectivity index (χ2n) is 3.76. The Morgan fingerprint density at radius 2 is 1.43 bits per heavy atom. The first-order valence-corrected chi connectivity index (χ1v) is 5.13. The van der Waals surface area contributed by atoms with E-state index in [0.717, 1.165) is 23.7 Å². The fraction of sp³-hybridized carbons (Fsp3) is 0.333. The van der Waals surface area contributed by atoms with E-state index in [2.05, 4.69) is 9.24 Å². The van der Waals surface area contributed by atoms with Crippen LogP contribution in [0.4, 0.5) is 22.7 Å². The molecule has 1 aliphatic rings. The molecule has 14 heavy (non-hydrogen) atoms. The van der Waals surface area contributed by atoms with Crippen LogP contribution in [-0.2, 0) is 0 Å². The monoisotopic (exact) mass is 210 g/mol. The number of nitrogen functional groups attached to an aromatic ring is 4. The van der Waals surface area contributed by atoms with Crippen molar-refractivity contribution in [1.82, 2.24) is 0 Å². The van der Waals surface area contributed by atoms with Crippen LogP contribution in [0.25, 0.3) is 0 Å². The average molecular weight is 210 g/mol. The van der Waals surface area contributed by atoms with E-state index in [-0.39, 0.29) is 0 Å². The molecule has 1 aromatic carbocycles. The molecule has 1 aromatic rings. The van der Waals surface area contributed by atoms with E-state index in [1.807, 2.05) is 0 Å². The summed E-state index contributed by atoms with van der Waals surface area (Å²) in [5.74, 6) is 0.484. The molecule has 76 valence electrons. The third kappa shape index (κ3) is 1.18. The van der Waals surface area contributed by atoms with Gasteiger partial charge in [0.2, 0.25) is 0 Å². The van der Waals surface area contributed by atoms with E-state index >= 15 is 0 Å². The first-order valence-electron chi connectivity index (χ1n) is 4.55. The molecule has 1 saturated carbocycles. The number of anilines is 4. The smallest absolute Gasteiger partial charge is 0.0792 e. The molecule has 1 atom stereocenters. The summed E-state index contributed by atoms with van der Waals surface area (Å²) < 4.78 is 0. The highest BCUT2D eigenvalue weighted by molar-refractivity contribution is 7.28. The van der Waals surface area contributed by atoms with Crippen molar-refractivity contribution in [2.24, 2.45) is 0 Å². The third-order valence-electron chi connectivity index (χ3n) is 2.73. The van der Waals surface area contributed by atoms with Gasteiger partial charge in [-0.25, -0.2) is 0 Å². The van der Waals surface area contributed by atoms with Crippen molar-refractivity contribution in [3.63, 3.8) is 0 Å². The lowest BCUT2D eigenvalue weighted by Gasteiger charge is -2.16. The van der Waals surface area contributed by atoms with Crippen LogP contribution in [-0.4, -0.2) is 0 Å². The summed E-state index contributed by atoms with van der Waals surface area (Å²) in [6.07, 6.45) is 2.28. The van der Waals surface area contributed by atoms with Gasteiger partial charge in [-0.2, -0.15) is 0 Å². The van der Waals surface area contributed by atoms with Crippen LogP contribution >= 0.6 is 9.24 Å². The van der Waals surface area contributed by atoms with Gasteiger partial charge in [0.25, 0.3) is 0 Å². The number of rotatable bonds is 1. The highest BCUT2D eigenvalue weighted by Gasteiger charge is 2.30. The minimum absolute atomic E-state index is 0.464. The Hall–Kier alpha value is -1.15. The Morgan fingerprint density at radius 1 is 0.857 bits per heavy atom. The van der Waals surface area contributed by atoms with Gasteiger partial charge in [-0.05, 0) is 18.8 Å². The van der Waals surface area contributed by atoms with Crippen molar-refractivity contribution in [2.75, 3.05) is 22.9 Å². The number of nitrogens with two attached hydrogens (primary N) is 4. The summed E-state index contributed by atoms with van der Waals surface area (Å²) in [5.41, 5.74) is 26.6. The van der Waals surface area contributed by atoms with Crippen molar-refractivity contribution in [3.05, 3.63) is 5.56 Å². The van der Waals surface area contributed by atoms with Gasteiger partial charge in [0, 0.05) is 16.6 Å². The summed E-state index contributed by atoms with van der Waals surface area (Å²) in [7, 11) is 2.52. The summed E-state index contributed by atoms with van der Waals surface area (Å²) in [6.45, 7) is 0. The van der Waals surface area contributed by atoms with E-state index in [4.69, 9.17) is 22.9 Å². The highest BCUT2D eigenvalue weighted by Crippen LogP contribution is 2.47. The van der Waals surface area contributed by atoms with Crippen LogP contribution in [0.1, 0.15) is 24.3 Å². The van der Waals surface area contributed by atoms with Crippen molar-refractivity contribution in [3.8, 4) is 0 Å². The lowest BCUT2D eigenvalue weighted by Crippen LogP contribution is -2.16. The molecule has 8 N–H and O–H groups in total. The maximum atomic E-state index is 5.96. The second-order valence-corrected chi connectivity index (χ2v) is 4.33. The van der Waals surface area contributed by atoms with Crippen LogP contribution in [0.3, 0.4) is 0 Å². The van der Waals surface area contributed by atoms with E-state index in [9.17, 15) is 0 Å². The summed E-state index contributed by atoms with van der Waals surface area (Å²) >= 11 is 0. The molecule has 1 unspecified atom stereocenters. The highest BCUT2D eigenvalue weighted by atomic mass is 31.0. The Morgan fingerprint density at radius 3 is 1.93 bits per heavy atom. The SMILES string of the molecule is Nc1c(N)c(P)c(N)c(C2CC2)c1N. The largest absolute Gasteiger partial charge is 0.398 e. The maximum absolute atomic E-state index is 5.96. The fourth-order valence-electron chi connectivity index (χ4n) is 1.68. The summed E-state index contributed by atoms with van der Waals surface area (Å²) in [5, 5.41) is 0.776.